The molecule has 3 rings (SSSR count). The number of fused-ring (bicyclic) bond motifs is 1. The first-order chi connectivity index (χ1) is 8.83. The fraction of sp³-hybridized carbons (Fsp3) is 0.133. The van der Waals surface area contributed by atoms with E-state index in [2.05, 4.69) is 23.0 Å². The third-order valence-electron chi connectivity index (χ3n) is 2.88. The van der Waals surface area contributed by atoms with Gasteiger partial charge in [-0.1, -0.05) is 30.3 Å². The van der Waals surface area contributed by atoms with E-state index in [-0.39, 0.29) is 0 Å². The summed E-state index contributed by atoms with van der Waals surface area (Å²) in [5.74, 6) is 1.71. The van der Waals surface area contributed by atoms with E-state index in [9.17, 15) is 0 Å². The summed E-state index contributed by atoms with van der Waals surface area (Å²) in [5, 5.41) is 0. The van der Waals surface area contributed by atoms with Crippen LogP contribution in [0.1, 0.15) is 11.4 Å². The van der Waals surface area contributed by atoms with Crippen molar-refractivity contribution in [2.24, 2.45) is 0 Å². The number of aryl methyl sites for hydroxylation is 1. The second-order valence-electron chi connectivity index (χ2n) is 4.26. The lowest BCUT2D eigenvalue weighted by Crippen LogP contribution is -1.96. The predicted molar refractivity (Wildman–Crippen MR) is 71.6 cm³/mol. The molecule has 0 bridgehead atoms. The van der Waals surface area contributed by atoms with Gasteiger partial charge in [0.15, 0.2) is 0 Å². The Kier molecular flexibility index (Phi) is 2.73. The van der Waals surface area contributed by atoms with Gasteiger partial charge in [-0.25, -0.2) is 4.98 Å². The molecule has 0 saturated carbocycles. The third-order valence-corrected chi connectivity index (χ3v) is 2.88. The summed E-state index contributed by atoms with van der Waals surface area (Å²) < 4.78 is 5.67. The monoisotopic (exact) mass is 238 g/mol. The number of hydrogen-bond acceptors (Lipinski definition) is 2. The van der Waals surface area contributed by atoms with E-state index in [1.54, 1.807) is 0 Å². The average molecular weight is 238 g/mol. The van der Waals surface area contributed by atoms with E-state index < -0.39 is 0 Å². The van der Waals surface area contributed by atoms with Crippen LogP contribution in [-0.2, 0) is 6.61 Å². The maximum Gasteiger partial charge on any atom is 0.146 e. The van der Waals surface area contributed by atoms with Crippen molar-refractivity contribution >= 4 is 11.0 Å². The molecule has 1 aromatic heterocycles. The Balaban J connectivity index is 1.81. The number of rotatable bonds is 3. The third kappa shape index (κ3) is 2.07. The molecule has 3 heteroatoms. The van der Waals surface area contributed by atoms with Crippen LogP contribution in [0, 0.1) is 6.92 Å². The molecule has 0 aliphatic carbocycles. The number of nitrogens with zero attached hydrogens (tertiary/aromatic N) is 1. The molecule has 18 heavy (non-hydrogen) atoms. The number of H-pyrrole nitrogens is 1. The molecule has 1 N–H and O–H groups in total. The maximum absolute atomic E-state index is 5.67. The average Bonchev–Trinajstić information content (AvgIpc) is 2.82. The molecule has 0 radical (unpaired) electrons. The number of benzene rings is 2. The number of ether oxygens (including phenoxy) is 1. The second kappa shape index (κ2) is 4.53. The Morgan fingerprint density at radius 3 is 2.67 bits per heavy atom. The molecule has 0 amide bonds. The number of aromatic amines is 1. The second-order valence-corrected chi connectivity index (χ2v) is 4.26. The molecule has 1 heterocycles. The SMILES string of the molecule is Cc1cccc2[nH]c(COc3ccccc3)nc12. The minimum atomic E-state index is 0.456. The summed E-state index contributed by atoms with van der Waals surface area (Å²) >= 11 is 0. The van der Waals surface area contributed by atoms with E-state index in [1.165, 1.54) is 5.56 Å². The van der Waals surface area contributed by atoms with Crippen molar-refractivity contribution in [1.82, 2.24) is 9.97 Å². The Bertz CT molecular complexity index is 659. The van der Waals surface area contributed by atoms with E-state index in [4.69, 9.17) is 4.74 Å². The van der Waals surface area contributed by atoms with Gasteiger partial charge in [-0.3, -0.25) is 0 Å². The fourth-order valence-electron chi connectivity index (χ4n) is 1.96. The van der Waals surface area contributed by atoms with Crippen LogP contribution >= 0.6 is 0 Å². The summed E-state index contributed by atoms with van der Waals surface area (Å²) in [6.45, 7) is 2.52. The van der Waals surface area contributed by atoms with Crippen molar-refractivity contribution in [3.05, 3.63) is 59.9 Å². The highest BCUT2D eigenvalue weighted by atomic mass is 16.5. The van der Waals surface area contributed by atoms with Crippen molar-refractivity contribution in [2.45, 2.75) is 13.5 Å². The quantitative estimate of drug-likeness (QED) is 0.759. The van der Waals surface area contributed by atoms with Crippen LogP contribution in [-0.4, -0.2) is 9.97 Å². The van der Waals surface area contributed by atoms with Crippen LogP contribution < -0.4 is 4.74 Å². The summed E-state index contributed by atoms with van der Waals surface area (Å²) in [4.78, 5) is 7.82. The number of nitrogens with one attached hydrogen (secondary N) is 1. The van der Waals surface area contributed by atoms with Crippen LogP contribution in [0.3, 0.4) is 0 Å². The Morgan fingerprint density at radius 1 is 1.06 bits per heavy atom. The molecular formula is C15H14N2O. The maximum atomic E-state index is 5.67. The van der Waals surface area contributed by atoms with Gasteiger partial charge in [0.05, 0.1) is 11.0 Å². The molecule has 0 unspecified atom stereocenters. The normalized spacial score (nSPS) is 10.7. The number of para-hydroxylation sites is 2. The lowest BCUT2D eigenvalue weighted by atomic mass is 10.2. The molecule has 3 aromatic rings. The van der Waals surface area contributed by atoms with Gasteiger partial charge >= 0.3 is 0 Å². The zero-order valence-corrected chi connectivity index (χ0v) is 10.2. The first-order valence-electron chi connectivity index (χ1n) is 5.95. The summed E-state index contributed by atoms with van der Waals surface area (Å²) in [7, 11) is 0. The van der Waals surface area contributed by atoms with Gasteiger partial charge in [0, 0.05) is 0 Å². The molecule has 0 atom stereocenters. The standard InChI is InChI=1S/C15H14N2O/c1-11-6-5-9-13-15(11)17-14(16-13)10-18-12-7-3-2-4-8-12/h2-9H,10H2,1H3,(H,16,17). The summed E-state index contributed by atoms with van der Waals surface area (Å²) in [6, 6.07) is 15.9. The molecule has 0 saturated heterocycles. The van der Waals surface area contributed by atoms with Crippen LogP contribution in [0.4, 0.5) is 0 Å². The molecule has 0 fully saturated rings. The van der Waals surface area contributed by atoms with Crippen LogP contribution in [0.25, 0.3) is 11.0 Å². The zero-order valence-electron chi connectivity index (χ0n) is 10.2. The number of aromatic nitrogens is 2. The van der Waals surface area contributed by atoms with Gasteiger partial charge in [0.25, 0.3) is 0 Å². The molecule has 3 nitrogen and oxygen atoms in total. The largest absolute Gasteiger partial charge is 0.486 e. The van der Waals surface area contributed by atoms with Gasteiger partial charge in [-0.05, 0) is 30.7 Å². The predicted octanol–water partition coefficient (Wildman–Crippen LogP) is 3.45. The smallest absolute Gasteiger partial charge is 0.146 e. The topological polar surface area (TPSA) is 37.9 Å². The van der Waals surface area contributed by atoms with Crippen molar-refractivity contribution in [2.75, 3.05) is 0 Å². The van der Waals surface area contributed by atoms with Gasteiger partial charge < -0.3 is 9.72 Å². The molecular weight excluding hydrogens is 224 g/mol. The molecule has 0 spiro atoms. The van der Waals surface area contributed by atoms with E-state index in [0.29, 0.717) is 6.61 Å². The summed E-state index contributed by atoms with van der Waals surface area (Å²) in [5.41, 5.74) is 3.25. The van der Waals surface area contributed by atoms with Gasteiger partial charge in [-0.15, -0.1) is 0 Å². The van der Waals surface area contributed by atoms with Crippen molar-refractivity contribution in [1.29, 1.82) is 0 Å². The summed E-state index contributed by atoms with van der Waals surface area (Å²) in [6.07, 6.45) is 0. The number of imidazole rings is 1. The highest BCUT2D eigenvalue weighted by Crippen LogP contribution is 2.17. The zero-order chi connectivity index (χ0) is 12.4. The highest BCUT2D eigenvalue weighted by molar-refractivity contribution is 5.78. The molecule has 0 aliphatic rings. The van der Waals surface area contributed by atoms with Crippen LogP contribution in [0.5, 0.6) is 5.75 Å². The van der Waals surface area contributed by atoms with Crippen molar-refractivity contribution < 1.29 is 4.74 Å². The first-order valence-corrected chi connectivity index (χ1v) is 5.95. The minimum absolute atomic E-state index is 0.456. The van der Waals surface area contributed by atoms with E-state index in [0.717, 1.165) is 22.6 Å². The molecule has 0 aliphatic heterocycles. The molecule has 90 valence electrons. The Labute approximate surface area is 105 Å². The van der Waals surface area contributed by atoms with Gasteiger partial charge in [0.1, 0.15) is 18.2 Å². The van der Waals surface area contributed by atoms with E-state index >= 15 is 0 Å². The van der Waals surface area contributed by atoms with Crippen LogP contribution in [0.15, 0.2) is 48.5 Å². The minimum Gasteiger partial charge on any atom is -0.486 e. The van der Waals surface area contributed by atoms with Crippen LogP contribution in [0.2, 0.25) is 0 Å². The Hall–Kier alpha value is -2.29. The Morgan fingerprint density at radius 2 is 1.89 bits per heavy atom. The highest BCUT2D eigenvalue weighted by Gasteiger charge is 2.04. The first kappa shape index (κ1) is 10.8. The lowest BCUT2D eigenvalue weighted by Gasteiger charge is -2.02. The number of hydrogen-bond donors (Lipinski definition) is 1. The lowest BCUT2D eigenvalue weighted by molar-refractivity contribution is 0.297. The fourth-order valence-corrected chi connectivity index (χ4v) is 1.96. The van der Waals surface area contributed by atoms with Crippen molar-refractivity contribution in [3.63, 3.8) is 0 Å². The van der Waals surface area contributed by atoms with Gasteiger partial charge in [0.2, 0.25) is 0 Å². The molecule has 2 aromatic carbocycles. The van der Waals surface area contributed by atoms with Gasteiger partial charge in [-0.2, -0.15) is 0 Å². The van der Waals surface area contributed by atoms with E-state index in [1.807, 2.05) is 42.5 Å². The van der Waals surface area contributed by atoms with Crippen molar-refractivity contribution in [3.8, 4) is 5.75 Å².